The van der Waals surface area contributed by atoms with Gasteiger partial charge in [0.2, 0.25) is 0 Å². The molecule has 1 unspecified atom stereocenters. The van der Waals surface area contributed by atoms with E-state index in [1.807, 2.05) is 6.20 Å². The number of hydrogen-bond acceptors (Lipinski definition) is 2. The van der Waals surface area contributed by atoms with E-state index in [1.54, 1.807) is 0 Å². The third-order valence-corrected chi connectivity index (χ3v) is 4.31. The molecule has 1 rings (SSSR count). The second-order valence-corrected chi connectivity index (χ2v) is 6.73. The van der Waals surface area contributed by atoms with Crippen LogP contribution in [0.1, 0.15) is 83.4 Å². The Morgan fingerprint density at radius 1 is 1.00 bits per heavy atom. The molecule has 3 heteroatoms. The van der Waals surface area contributed by atoms with E-state index in [4.69, 9.17) is 0 Å². The summed E-state index contributed by atoms with van der Waals surface area (Å²) in [4.78, 5) is 4.56. The topological polar surface area (TPSA) is 24.9 Å². The second-order valence-electron chi connectivity index (χ2n) is 5.82. The molecule has 0 radical (unpaired) electrons. The molecule has 0 saturated carbocycles. The van der Waals surface area contributed by atoms with Crippen molar-refractivity contribution in [3.05, 3.63) is 28.5 Å². The molecular formula is C18H31BrN2. The average molecular weight is 355 g/mol. The first kappa shape index (κ1) is 18.6. The van der Waals surface area contributed by atoms with Crippen LogP contribution in [0.5, 0.6) is 0 Å². The van der Waals surface area contributed by atoms with Gasteiger partial charge in [-0.05, 0) is 47.4 Å². The lowest BCUT2D eigenvalue weighted by Crippen LogP contribution is -2.23. The number of nitrogens with zero attached hydrogens (tertiary/aromatic N) is 1. The van der Waals surface area contributed by atoms with Gasteiger partial charge in [-0.1, -0.05) is 58.8 Å². The molecule has 0 aliphatic rings. The van der Waals surface area contributed by atoms with Gasteiger partial charge in [0.05, 0.1) is 5.69 Å². The van der Waals surface area contributed by atoms with Crippen molar-refractivity contribution >= 4 is 15.9 Å². The van der Waals surface area contributed by atoms with E-state index in [2.05, 4.69) is 52.2 Å². The molecule has 1 N–H and O–H groups in total. The molecule has 1 aromatic rings. The van der Waals surface area contributed by atoms with E-state index in [0.29, 0.717) is 6.04 Å². The molecule has 0 saturated heterocycles. The maximum absolute atomic E-state index is 4.56. The number of hydrogen-bond donors (Lipinski definition) is 1. The summed E-state index contributed by atoms with van der Waals surface area (Å²) in [5.41, 5.74) is 1.18. The summed E-state index contributed by atoms with van der Waals surface area (Å²) < 4.78 is 1.05. The Morgan fingerprint density at radius 2 is 1.71 bits per heavy atom. The molecule has 0 bridgehead atoms. The van der Waals surface area contributed by atoms with Crippen LogP contribution in [0.3, 0.4) is 0 Å². The number of rotatable bonds is 12. The first-order chi connectivity index (χ1) is 10.3. The van der Waals surface area contributed by atoms with Crippen LogP contribution >= 0.6 is 15.9 Å². The van der Waals surface area contributed by atoms with Gasteiger partial charge in [-0.25, -0.2) is 0 Å². The van der Waals surface area contributed by atoms with Crippen molar-refractivity contribution in [3.63, 3.8) is 0 Å². The van der Waals surface area contributed by atoms with E-state index in [0.717, 1.165) is 11.0 Å². The normalized spacial score (nSPS) is 12.5. The molecule has 1 atom stereocenters. The molecule has 0 spiro atoms. The molecule has 0 aliphatic heterocycles. The highest BCUT2D eigenvalue weighted by Gasteiger charge is 2.11. The van der Waals surface area contributed by atoms with Gasteiger partial charge in [-0.3, -0.25) is 4.98 Å². The van der Waals surface area contributed by atoms with Gasteiger partial charge in [0.25, 0.3) is 0 Å². The summed E-state index contributed by atoms with van der Waals surface area (Å²) in [7, 11) is 0. The molecule has 1 heterocycles. The fourth-order valence-electron chi connectivity index (χ4n) is 2.57. The quantitative estimate of drug-likeness (QED) is 0.463. The zero-order chi connectivity index (χ0) is 15.3. The van der Waals surface area contributed by atoms with Crippen LogP contribution < -0.4 is 5.32 Å². The number of halogens is 1. The molecular weight excluding hydrogens is 324 g/mol. The minimum absolute atomic E-state index is 0.411. The summed E-state index contributed by atoms with van der Waals surface area (Å²) >= 11 is 3.46. The highest BCUT2D eigenvalue weighted by Crippen LogP contribution is 2.20. The molecule has 0 fully saturated rings. The summed E-state index contributed by atoms with van der Waals surface area (Å²) in [5, 5.41) is 3.64. The average Bonchev–Trinajstić information content (AvgIpc) is 2.50. The molecule has 0 amide bonds. The molecule has 21 heavy (non-hydrogen) atoms. The maximum atomic E-state index is 4.56. The monoisotopic (exact) mass is 354 g/mol. The third-order valence-electron chi connectivity index (χ3n) is 3.84. The summed E-state index contributed by atoms with van der Waals surface area (Å²) in [6.45, 7) is 5.56. The lowest BCUT2D eigenvalue weighted by molar-refractivity contribution is 0.457. The molecule has 0 aromatic carbocycles. The first-order valence-corrected chi connectivity index (χ1v) is 9.42. The van der Waals surface area contributed by atoms with E-state index < -0.39 is 0 Å². The largest absolute Gasteiger partial charge is 0.309 e. The Balaban J connectivity index is 2.31. The van der Waals surface area contributed by atoms with Crippen LogP contribution in [-0.2, 0) is 0 Å². The van der Waals surface area contributed by atoms with Crippen molar-refractivity contribution in [1.29, 1.82) is 0 Å². The predicted octanol–water partition coefficient (Wildman–Crippen LogP) is 6.03. The minimum atomic E-state index is 0.411. The SMILES string of the molecule is CCCCCCCCCC(NCCC)c1ccc(Br)cn1. The smallest absolute Gasteiger partial charge is 0.0574 e. The van der Waals surface area contributed by atoms with Gasteiger partial charge in [0, 0.05) is 16.7 Å². The van der Waals surface area contributed by atoms with Gasteiger partial charge >= 0.3 is 0 Å². The van der Waals surface area contributed by atoms with E-state index in [1.165, 1.54) is 63.5 Å². The highest BCUT2D eigenvalue weighted by molar-refractivity contribution is 9.10. The first-order valence-electron chi connectivity index (χ1n) is 8.62. The van der Waals surface area contributed by atoms with Gasteiger partial charge in [0.1, 0.15) is 0 Å². The summed E-state index contributed by atoms with van der Waals surface area (Å²) in [5.74, 6) is 0. The van der Waals surface area contributed by atoms with Crippen LogP contribution in [0, 0.1) is 0 Å². The summed E-state index contributed by atoms with van der Waals surface area (Å²) in [6, 6.07) is 4.64. The second kappa shape index (κ2) is 12.2. The van der Waals surface area contributed by atoms with Gasteiger partial charge in [-0.2, -0.15) is 0 Å². The Labute approximate surface area is 139 Å². The Kier molecular flexibility index (Phi) is 10.8. The number of unbranched alkanes of at least 4 members (excludes halogenated alkanes) is 6. The van der Waals surface area contributed by atoms with Crippen molar-refractivity contribution in [3.8, 4) is 0 Å². The molecule has 0 aliphatic carbocycles. The Morgan fingerprint density at radius 3 is 2.33 bits per heavy atom. The zero-order valence-corrected chi connectivity index (χ0v) is 15.3. The van der Waals surface area contributed by atoms with Gasteiger partial charge < -0.3 is 5.32 Å². The van der Waals surface area contributed by atoms with Crippen LogP contribution in [0.25, 0.3) is 0 Å². The lowest BCUT2D eigenvalue weighted by atomic mass is 10.0. The van der Waals surface area contributed by atoms with E-state index in [9.17, 15) is 0 Å². The maximum Gasteiger partial charge on any atom is 0.0574 e. The minimum Gasteiger partial charge on any atom is -0.309 e. The van der Waals surface area contributed by atoms with Crippen LogP contribution in [-0.4, -0.2) is 11.5 Å². The Bertz CT molecular complexity index is 351. The lowest BCUT2D eigenvalue weighted by Gasteiger charge is -2.18. The molecule has 1 aromatic heterocycles. The van der Waals surface area contributed by atoms with Crippen LogP contribution in [0.15, 0.2) is 22.8 Å². The number of nitrogens with one attached hydrogen (secondary N) is 1. The van der Waals surface area contributed by atoms with Crippen LogP contribution in [0.4, 0.5) is 0 Å². The van der Waals surface area contributed by atoms with Crippen molar-refractivity contribution in [2.24, 2.45) is 0 Å². The van der Waals surface area contributed by atoms with E-state index in [-0.39, 0.29) is 0 Å². The zero-order valence-electron chi connectivity index (χ0n) is 13.7. The molecule has 120 valence electrons. The number of pyridine rings is 1. The Hall–Kier alpha value is -0.410. The van der Waals surface area contributed by atoms with Gasteiger partial charge in [0.15, 0.2) is 0 Å². The molecule has 2 nitrogen and oxygen atoms in total. The van der Waals surface area contributed by atoms with Crippen molar-refractivity contribution in [1.82, 2.24) is 10.3 Å². The van der Waals surface area contributed by atoms with Crippen LogP contribution in [0.2, 0.25) is 0 Å². The highest BCUT2D eigenvalue weighted by atomic mass is 79.9. The fourth-order valence-corrected chi connectivity index (χ4v) is 2.81. The predicted molar refractivity (Wildman–Crippen MR) is 95.6 cm³/mol. The van der Waals surface area contributed by atoms with Crippen molar-refractivity contribution in [2.75, 3.05) is 6.54 Å². The standard InChI is InChI=1S/C18H31BrN2/c1-3-5-6-7-8-9-10-11-17(20-14-4-2)18-13-12-16(19)15-21-18/h12-13,15,17,20H,3-11,14H2,1-2H3. The van der Waals surface area contributed by atoms with Crippen molar-refractivity contribution < 1.29 is 0 Å². The fraction of sp³-hybridized carbons (Fsp3) is 0.722. The van der Waals surface area contributed by atoms with E-state index >= 15 is 0 Å². The number of aromatic nitrogens is 1. The van der Waals surface area contributed by atoms with Gasteiger partial charge in [-0.15, -0.1) is 0 Å². The third kappa shape index (κ3) is 8.57. The summed E-state index contributed by atoms with van der Waals surface area (Å²) in [6.07, 6.45) is 13.8. The van der Waals surface area contributed by atoms with Crippen molar-refractivity contribution in [2.45, 2.75) is 77.7 Å².